The van der Waals surface area contributed by atoms with Crippen molar-refractivity contribution in [2.24, 2.45) is 11.8 Å². The molecule has 114 heavy (non-hydrogen) atoms. The average molecular weight is 1640 g/mol. The van der Waals surface area contributed by atoms with Gasteiger partial charge in [0.15, 0.2) is 0 Å². The fourth-order valence-electron chi connectivity index (χ4n) is 13.3. The standard InChI is InChI=1S/C21H30N2OS.C19H24N2OS.2C19H26N2OS.C16H20N2OS/c1-4-5-6-8-11-17(2)22-20-15-14-19(16-21(20)25(3)24)23-18-12-9-7-10-13-18;1-23(22)19-14-17(20-15-8-4-2-5-9-15)12-13-18(19)21-16-10-6-3-7-11-16;2*1-14(2)12-15(3)20-18-11-10-17(13-19(18)23(4)22)21-16-8-6-5-7-9-16;1-12(2)17-15-10-9-14(11-16(15)20(3)19)18-13-7-5-4-6-8-13/h7,9-10,12-17,22-23H,4-6,8,11H2,1-3H3;2,4-5,8-9,12-14,16,20-21H,3,6-7,10-11H2,1H3;2*5-11,13-15,20-21H,12H2,1-4H3;4-12,17-18H,1-3H3. The van der Waals surface area contributed by atoms with Crippen molar-refractivity contribution in [3.63, 3.8) is 0 Å². The second-order valence-corrected chi connectivity index (χ2v) is 37.0. The van der Waals surface area contributed by atoms with Gasteiger partial charge in [-0.05, 0) is 230 Å². The van der Waals surface area contributed by atoms with Gasteiger partial charge in [0, 0.05) is 118 Å². The van der Waals surface area contributed by atoms with Gasteiger partial charge in [-0.3, -0.25) is 21.0 Å². The maximum Gasteiger partial charge on any atom is 0.0637 e. The molecule has 8 unspecified atom stereocenters. The van der Waals surface area contributed by atoms with E-state index in [-0.39, 0.29) is 0 Å². The third-order valence-electron chi connectivity index (χ3n) is 18.5. The summed E-state index contributed by atoms with van der Waals surface area (Å²) >= 11 is 0. The molecule has 15 nitrogen and oxygen atoms in total. The van der Waals surface area contributed by atoms with Crippen molar-refractivity contribution < 1.29 is 21.0 Å². The molecule has 0 radical (unpaired) electrons. The predicted octanol–water partition coefficient (Wildman–Crippen LogP) is 24.9. The summed E-state index contributed by atoms with van der Waals surface area (Å²) in [7, 11) is -5.16. The van der Waals surface area contributed by atoms with Crippen molar-refractivity contribution in [3.8, 4) is 0 Å². The molecule has 0 heterocycles. The van der Waals surface area contributed by atoms with Crippen LogP contribution in [0.2, 0.25) is 0 Å². The van der Waals surface area contributed by atoms with E-state index in [4.69, 9.17) is 0 Å². The lowest BCUT2D eigenvalue weighted by molar-refractivity contribution is 0.462. The molecule has 20 heteroatoms. The lowest BCUT2D eigenvalue weighted by Crippen LogP contribution is -2.23. The van der Waals surface area contributed by atoms with Gasteiger partial charge in [0.1, 0.15) is 0 Å². The number of benzene rings is 10. The van der Waals surface area contributed by atoms with Crippen molar-refractivity contribution in [1.82, 2.24) is 0 Å². The zero-order valence-electron chi connectivity index (χ0n) is 69.7. The van der Waals surface area contributed by atoms with Gasteiger partial charge in [-0.15, -0.1) is 0 Å². The molecule has 0 bridgehead atoms. The van der Waals surface area contributed by atoms with Gasteiger partial charge in [-0.1, -0.05) is 171 Å². The molecular weight excluding hydrogens is 1510 g/mol. The van der Waals surface area contributed by atoms with Crippen molar-refractivity contribution in [3.05, 3.63) is 243 Å². The van der Waals surface area contributed by atoms with Crippen LogP contribution in [0.5, 0.6) is 0 Å². The SMILES string of the molecule is CC(C)CC(C)Nc1ccc(Nc2ccccc2)cc1S(C)=O.CC(C)CC(C)Nc1ccc(Nc2ccccc2)cc1S(C)=O.CC(C)Nc1ccc(Nc2ccccc2)cc1S(C)=O.CCCCCCC(C)Nc1ccc(Nc2ccccc2)cc1S(C)=O.CS(=O)c1cc(Nc2ccccc2)ccc1NC1CCCCC1. The minimum absolute atomic E-state index is 0.310. The molecular formula is C94H126N10O5S5. The Bertz CT molecular complexity index is 4480. The quantitative estimate of drug-likeness (QED) is 0.0170. The van der Waals surface area contributed by atoms with Crippen LogP contribution in [-0.4, -0.2) is 82.5 Å². The third-order valence-corrected chi connectivity index (χ3v) is 23.3. The molecule has 0 aliphatic heterocycles. The van der Waals surface area contributed by atoms with Gasteiger partial charge >= 0.3 is 0 Å². The van der Waals surface area contributed by atoms with Crippen molar-refractivity contribution in [2.75, 3.05) is 84.4 Å². The van der Waals surface area contributed by atoms with Gasteiger partial charge in [0.25, 0.3) is 0 Å². The summed E-state index contributed by atoms with van der Waals surface area (Å²) in [5.41, 5.74) is 14.7. The molecule has 11 rings (SSSR count). The van der Waals surface area contributed by atoms with Crippen LogP contribution in [-0.2, 0) is 54.0 Å². The largest absolute Gasteiger partial charge is 0.382 e. The fourth-order valence-corrected chi connectivity index (χ4v) is 16.9. The highest BCUT2D eigenvalue weighted by molar-refractivity contribution is 7.85. The molecule has 0 amide bonds. The Balaban J connectivity index is 0.000000198. The topological polar surface area (TPSA) is 206 Å². The first kappa shape index (κ1) is 92.1. The fraction of sp³-hybridized carbons (Fsp3) is 0.362. The predicted molar refractivity (Wildman–Crippen MR) is 499 cm³/mol. The Morgan fingerprint density at radius 1 is 0.298 bits per heavy atom. The van der Waals surface area contributed by atoms with Crippen molar-refractivity contribution in [1.29, 1.82) is 0 Å². The normalized spacial score (nSPS) is 13.9. The van der Waals surface area contributed by atoms with E-state index in [1.807, 2.05) is 231 Å². The monoisotopic (exact) mass is 1630 g/mol. The van der Waals surface area contributed by atoms with Crippen LogP contribution in [0.3, 0.4) is 0 Å². The van der Waals surface area contributed by atoms with Crippen LogP contribution in [0.4, 0.5) is 85.3 Å². The smallest absolute Gasteiger partial charge is 0.0637 e. The summed E-state index contributed by atoms with van der Waals surface area (Å²) in [6, 6.07) is 82.0. The molecule has 0 saturated heterocycles. The number of rotatable bonds is 34. The molecule has 1 fully saturated rings. The van der Waals surface area contributed by atoms with E-state index < -0.39 is 54.0 Å². The third kappa shape index (κ3) is 33.8. The van der Waals surface area contributed by atoms with Gasteiger partial charge in [-0.2, -0.15) is 0 Å². The first-order valence-corrected chi connectivity index (χ1v) is 47.9. The maximum atomic E-state index is 12.2. The average Bonchev–Trinajstić information content (AvgIpc) is 0.858. The Kier molecular flexibility index (Phi) is 40.1. The van der Waals surface area contributed by atoms with Gasteiger partial charge < -0.3 is 53.2 Å². The lowest BCUT2D eigenvalue weighted by atomic mass is 9.95. The van der Waals surface area contributed by atoms with E-state index in [9.17, 15) is 21.0 Å². The van der Waals surface area contributed by atoms with Gasteiger partial charge in [0.2, 0.25) is 0 Å². The van der Waals surface area contributed by atoms with Crippen LogP contribution in [0.25, 0.3) is 0 Å². The highest BCUT2D eigenvalue weighted by atomic mass is 32.2. The Hall–Kier alpha value is -9.05. The molecule has 10 aromatic carbocycles. The highest BCUT2D eigenvalue weighted by Crippen LogP contribution is 2.34. The van der Waals surface area contributed by atoms with Crippen LogP contribution in [0.15, 0.2) is 267 Å². The van der Waals surface area contributed by atoms with E-state index in [1.54, 1.807) is 31.3 Å². The summed E-state index contributed by atoms with van der Waals surface area (Å²) in [6.45, 7) is 21.7. The van der Waals surface area contributed by atoms with Crippen molar-refractivity contribution in [2.45, 2.75) is 201 Å². The van der Waals surface area contributed by atoms with Crippen LogP contribution < -0.4 is 53.2 Å². The minimum Gasteiger partial charge on any atom is -0.382 e. The first-order valence-electron chi connectivity index (χ1n) is 40.1. The number of hydrogen-bond donors (Lipinski definition) is 10. The van der Waals surface area contributed by atoms with Crippen LogP contribution >= 0.6 is 0 Å². The van der Waals surface area contributed by atoms with Gasteiger partial charge in [0.05, 0.1) is 107 Å². The molecule has 612 valence electrons. The summed E-state index contributed by atoms with van der Waals surface area (Å²) in [5, 5.41) is 34.2. The first-order chi connectivity index (χ1) is 54.8. The molecule has 1 saturated carbocycles. The Morgan fingerprint density at radius 2 is 0.561 bits per heavy atom. The molecule has 1 aliphatic rings. The number of hydrogen-bond acceptors (Lipinski definition) is 15. The van der Waals surface area contributed by atoms with Crippen LogP contribution in [0, 0.1) is 11.8 Å². The Morgan fingerprint density at radius 3 is 0.825 bits per heavy atom. The van der Waals surface area contributed by atoms with E-state index in [0.29, 0.717) is 42.0 Å². The van der Waals surface area contributed by atoms with E-state index in [0.717, 1.165) is 129 Å². The van der Waals surface area contributed by atoms with E-state index in [2.05, 4.69) is 135 Å². The summed E-state index contributed by atoms with van der Waals surface area (Å²) in [5.74, 6) is 1.26. The zero-order valence-corrected chi connectivity index (χ0v) is 73.8. The second-order valence-electron chi connectivity index (χ2n) is 30.3. The summed E-state index contributed by atoms with van der Waals surface area (Å²) in [4.78, 5) is 4.21. The molecule has 10 aromatic rings. The number of anilines is 15. The lowest BCUT2D eigenvalue weighted by Gasteiger charge is -2.25. The zero-order chi connectivity index (χ0) is 82.3. The maximum absolute atomic E-state index is 12.2. The minimum atomic E-state index is -1.04. The molecule has 0 aromatic heterocycles. The van der Waals surface area contributed by atoms with E-state index in [1.165, 1.54) is 57.8 Å². The summed E-state index contributed by atoms with van der Waals surface area (Å²) < 4.78 is 60.5. The van der Waals surface area contributed by atoms with Gasteiger partial charge in [-0.25, -0.2) is 0 Å². The number of nitrogens with one attached hydrogen (secondary N) is 10. The Labute approximate surface area is 695 Å². The number of para-hydroxylation sites is 5. The van der Waals surface area contributed by atoms with Crippen LogP contribution in [0.1, 0.15) is 146 Å². The summed E-state index contributed by atoms with van der Waals surface area (Å²) in [6.07, 6.45) is 23.3. The van der Waals surface area contributed by atoms with Crippen molar-refractivity contribution >= 4 is 139 Å². The molecule has 8 atom stereocenters. The number of unbranched alkanes of at least 4 members (excludes halogenated alkanes) is 3. The van der Waals surface area contributed by atoms with E-state index >= 15 is 0 Å². The highest BCUT2D eigenvalue weighted by Gasteiger charge is 2.19. The molecule has 1 aliphatic carbocycles. The molecule has 10 N–H and O–H groups in total. The molecule has 0 spiro atoms. The second kappa shape index (κ2) is 49.7.